The third-order valence-corrected chi connectivity index (χ3v) is 15.3. The van der Waals surface area contributed by atoms with Gasteiger partial charge in [-0.05, 0) is 86.0 Å². The highest BCUT2D eigenvalue weighted by Crippen LogP contribution is 2.58. The summed E-state index contributed by atoms with van der Waals surface area (Å²) in [4.78, 5) is 16.0. The lowest BCUT2D eigenvalue weighted by Gasteiger charge is -2.34. The Hall–Kier alpha value is -8.77. The summed E-state index contributed by atoms with van der Waals surface area (Å²) in [5.74, 6) is 1.82. The van der Waals surface area contributed by atoms with Gasteiger partial charge in [-0.15, -0.1) is 11.3 Å². The zero-order valence-electron chi connectivity index (χ0n) is 37.2. The number of benzene rings is 10. The van der Waals surface area contributed by atoms with E-state index >= 15 is 0 Å². The minimum absolute atomic E-state index is 0.500. The van der Waals surface area contributed by atoms with Crippen LogP contribution in [0.15, 0.2) is 241 Å². The van der Waals surface area contributed by atoms with Crippen molar-refractivity contribution >= 4 is 53.4 Å². The average Bonchev–Trinajstić information content (AvgIpc) is 4.10. The van der Waals surface area contributed by atoms with Crippen LogP contribution in [0.4, 0.5) is 0 Å². The lowest BCUT2D eigenvalue weighted by Crippen LogP contribution is -2.28. The molecule has 5 heteroatoms. The van der Waals surface area contributed by atoms with Crippen molar-refractivity contribution in [1.82, 2.24) is 15.0 Å². The normalized spacial score (nSPS) is 12.8. The Morgan fingerprint density at radius 2 is 0.899 bits per heavy atom. The number of furan rings is 1. The molecule has 0 fully saturated rings. The molecule has 69 heavy (non-hydrogen) atoms. The molecule has 0 amide bonds. The molecule has 0 aliphatic heterocycles. The van der Waals surface area contributed by atoms with E-state index in [4.69, 9.17) is 19.4 Å². The quantitative estimate of drug-likeness (QED) is 0.160. The van der Waals surface area contributed by atoms with Crippen LogP contribution in [0, 0.1) is 0 Å². The maximum absolute atomic E-state index is 6.71. The number of thiophene rings is 1. The Balaban J connectivity index is 0.976. The molecule has 1 aliphatic carbocycles. The van der Waals surface area contributed by atoms with E-state index in [1.54, 1.807) is 11.3 Å². The van der Waals surface area contributed by atoms with Gasteiger partial charge in [0.15, 0.2) is 17.5 Å². The third kappa shape index (κ3) is 6.11. The van der Waals surface area contributed by atoms with Crippen molar-refractivity contribution in [2.24, 2.45) is 0 Å². The van der Waals surface area contributed by atoms with Crippen LogP contribution in [0.1, 0.15) is 22.3 Å². The van der Waals surface area contributed by atoms with E-state index in [1.807, 2.05) is 18.2 Å². The van der Waals surface area contributed by atoms with E-state index in [1.165, 1.54) is 54.4 Å². The van der Waals surface area contributed by atoms with Crippen molar-refractivity contribution in [3.05, 3.63) is 259 Å². The largest absolute Gasteiger partial charge is 0.456 e. The number of hydrogen-bond acceptors (Lipinski definition) is 5. The van der Waals surface area contributed by atoms with E-state index in [2.05, 4.69) is 218 Å². The fourth-order valence-electron chi connectivity index (χ4n) is 11.0. The second kappa shape index (κ2) is 15.7. The minimum atomic E-state index is -0.500. The highest BCUT2D eigenvalue weighted by Gasteiger charge is 2.46. The van der Waals surface area contributed by atoms with Crippen LogP contribution < -0.4 is 0 Å². The van der Waals surface area contributed by atoms with Crippen LogP contribution in [0.3, 0.4) is 0 Å². The van der Waals surface area contributed by atoms with Gasteiger partial charge in [0, 0.05) is 47.6 Å². The molecule has 10 aromatic carbocycles. The van der Waals surface area contributed by atoms with Crippen molar-refractivity contribution in [1.29, 1.82) is 0 Å². The zero-order valence-corrected chi connectivity index (χ0v) is 38.0. The van der Waals surface area contributed by atoms with Gasteiger partial charge in [0.25, 0.3) is 0 Å². The van der Waals surface area contributed by atoms with Crippen molar-refractivity contribution in [2.75, 3.05) is 0 Å². The van der Waals surface area contributed by atoms with E-state index in [0.717, 1.165) is 60.0 Å². The van der Waals surface area contributed by atoms with Gasteiger partial charge in [-0.1, -0.05) is 206 Å². The summed E-state index contributed by atoms with van der Waals surface area (Å²) >= 11 is 1.78. The first-order chi connectivity index (χ1) is 34.2. The van der Waals surface area contributed by atoms with Gasteiger partial charge in [0.1, 0.15) is 11.2 Å². The summed E-state index contributed by atoms with van der Waals surface area (Å²) < 4.78 is 9.09. The van der Waals surface area contributed by atoms with E-state index < -0.39 is 5.41 Å². The maximum Gasteiger partial charge on any atom is 0.165 e. The molecule has 4 nitrogen and oxygen atoms in total. The molecule has 3 heterocycles. The molecule has 14 rings (SSSR count). The highest BCUT2D eigenvalue weighted by molar-refractivity contribution is 7.26. The molecule has 0 saturated heterocycles. The Morgan fingerprint density at radius 1 is 0.348 bits per heavy atom. The standard InChI is InChI=1S/C64H39N3OS/c1-4-17-40(18-5-1)41-33-35-42(36-34-41)61-65-62(67-63(66-61)51-28-14-26-48-47-23-11-13-32-57(47)69-60(48)51)50-27-16-31-56-59(50)52-39-43(37-38-55(52)68-56)46-25-15-30-54-58(46)49-24-10-12-29-53(49)64(54,44-19-6-2-7-20-44)45-21-8-3-9-22-45/h1-39H. The first kappa shape index (κ1) is 39.4. The lowest BCUT2D eigenvalue weighted by atomic mass is 9.67. The molecule has 1 aliphatic rings. The van der Waals surface area contributed by atoms with Crippen LogP contribution in [-0.2, 0) is 5.41 Å². The summed E-state index contributed by atoms with van der Waals surface area (Å²) in [6.07, 6.45) is 0. The van der Waals surface area contributed by atoms with Crippen molar-refractivity contribution in [2.45, 2.75) is 5.41 Å². The van der Waals surface area contributed by atoms with Crippen LogP contribution >= 0.6 is 11.3 Å². The zero-order chi connectivity index (χ0) is 45.5. The number of rotatable bonds is 7. The molecule has 3 aromatic heterocycles. The average molecular weight is 898 g/mol. The van der Waals surface area contributed by atoms with E-state index in [9.17, 15) is 0 Å². The molecular formula is C64H39N3OS. The second-order valence-corrected chi connectivity index (χ2v) is 18.8. The molecule has 0 spiro atoms. The van der Waals surface area contributed by atoms with E-state index in [-0.39, 0.29) is 0 Å². The number of nitrogens with zero attached hydrogens (tertiary/aromatic N) is 3. The second-order valence-electron chi connectivity index (χ2n) is 17.8. The molecule has 0 radical (unpaired) electrons. The molecule has 322 valence electrons. The molecular weight excluding hydrogens is 859 g/mol. The number of hydrogen-bond donors (Lipinski definition) is 0. The van der Waals surface area contributed by atoms with Crippen molar-refractivity contribution in [3.63, 3.8) is 0 Å². The molecule has 0 unspecified atom stereocenters. The van der Waals surface area contributed by atoms with Crippen LogP contribution in [0.5, 0.6) is 0 Å². The molecule has 0 atom stereocenters. The minimum Gasteiger partial charge on any atom is -0.456 e. The monoisotopic (exact) mass is 897 g/mol. The Bertz CT molecular complexity index is 4080. The SMILES string of the molecule is c1ccc(-c2ccc(-c3nc(-c4cccc5c4sc4ccccc45)nc(-c4cccc5oc6ccc(-c7cccc8c7-c7ccccc7C8(c7ccccc7)c7ccccc7)cc6c45)n3)cc2)cc1. The first-order valence-electron chi connectivity index (χ1n) is 23.3. The Morgan fingerprint density at radius 3 is 1.70 bits per heavy atom. The fraction of sp³-hybridized carbons (Fsp3) is 0.0156. The summed E-state index contributed by atoms with van der Waals surface area (Å²) in [5, 5.41) is 4.39. The van der Waals surface area contributed by atoms with Gasteiger partial charge < -0.3 is 4.42 Å². The predicted octanol–water partition coefficient (Wildman–Crippen LogP) is 16.8. The Labute approximate surface area is 402 Å². The van der Waals surface area contributed by atoms with Gasteiger partial charge >= 0.3 is 0 Å². The number of fused-ring (bicyclic) bond motifs is 9. The third-order valence-electron chi connectivity index (χ3n) is 14.1. The predicted molar refractivity (Wildman–Crippen MR) is 284 cm³/mol. The molecule has 13 aromatic rings. The van der Waals surface area contributed by atoms with Gasteiger partial charge in [-0.3, -0.25) is 0 Å². The number of aromatic nitrogens is 3. The smallest absolute Gasteiger partial charge is 0.165 e. The van der Waals surface area contributed by atoms with Crippen molar-refractivity contribution < 1.29 is 4.42 Å². The lowest BCUT2D eigenvalue weighted by molar-refractivity contribution is 0.669. The molecule has 0 bridgehead atoms. The summed E-state index contributed by atoms with van der Waals surface area (Å²) in [5.41, 5.74) is 15.9. The van der Waals surface area contributed by atoms with Gasteiger partial charge in [0.05, 0.1) is 5.41 Å². The highest BCUT2D eigenvalue weighted by atomic mass is 32.1. The first-order valence-corrected chi connectivity index (χ1v) is 24.2. The summed E-state index contributed by atoms with van der Waals surface area (Å²) in [7, 11) is 0. The summed E-state index contributed by atoms with van der Waals surface area (Å²) in [6, 6.07) is 84.6. The fourth-order valence-corrected chi connectivity index (χ4v) is 12.2. The summed E-state index contributed by atoms with van der Waals surface area (Å²) in [6.45, 7) is 0. The van der Waals surface area contributed by atoms with Crippen molar-refractivity contribution in [3.8, 4) is 67.5 Å². The topological polar surface area (TPSA) is 51.8 Å². The van der Waals surface area contributed by atoms with Gasteiger partial charge in [-0.25, -0.2) is 15.0 Å². The molecule has 0 N–H and O–H groups in total. The maximum atomic E-state index is 6.71. The molecule has 0 saturated carbocycles. The van der Waals surface area contributed by atoms with Crippen LogP contribution in [-0.4, -0.2) is 15.0 Å². The van der Waals surface area contributed by atoms with Crippen LogP contribution in [0.2, 0.25) is 0 Å². The Kier molecular flexibility index (Phi) is 8.95. The van der Waals surface area contributed by atoms with Crippen LogP contribution in [0.25, 0.3) is 110 Å². The van der Waals surface area contributed by atoms with E-state index in [0.29, 0.717) is 17.5 Å². The van der Waals surface area contributed by atoms with Gasteiger partial charge in [0.2, 0.25) is 0 Å². The van der Waals surface area contributed by atoms with Gasteiger partial charge in [-0.2, -0.15) is 0 Å².